The van der Waals surface area contributed by atoms with Crippen molar-refractivity contribution in [1.82, 2.24) is 9.88 Å². The molecule has 1 fully saturated rings. The number of aliphatic hydroxyl groups is 1. The number of nitrogens with zero attached hydrogens (tertiary/aromatic N) is 1. The summed E-state index contributed by atoms with van der Waals surface area (Å²) in [7, 11) is -3.70. The van der Waals surface area contributed by atoms with Crippen LogP contribution in [0.1, 0.15) is 45.4 Å². The topological polar surface area (TPSA) is 109 Å². The third-order valence-corrected chi connectivity index (χ3v) is 4.95. The maximum Gasteiger partial charge on any atom is 0.410 e. The number of H-pyrrole nitrogens is 1. The van der Waals surface area contributed by atoms with E-state index in [1.165, 1.54) is 11.1 Å². The summed E-state index contributed by atoms with van der Waals surface area (Å²) < 4.78 is 41.2. The third-order valence-electron chi connectivity index (χ3n) is 4.41. The van der Waals surface area contributed by atoms with E-state index in [4.69, 9.17) is 10.3 Å². The lowest BCUT2D eigenvalue weighted by atomic mass is 9.73. The van der Waals surface area contributed by atoms with Gasteiger partial charge in [-0.2, -0.15) is 8.42 Å². The molecule has 0 radical (unpaired) electrons. The van der Waals surface area contributed by atoms with E-state index < -0.39 is 33.3 Å². The highest BCUT2D eigenvalue weighted by molar-refractivity contribution is 7.85. The summed E-state index contributed by atoms with van der Waals surface area (Å²) in [5, 5.41) is 10.9. The third kappa shape index (κ3) is 5.46. The Kier molecular flexibility index (Phi) is 5.59. The van der Waals surface area contributed by atoms with Gasteiger partial charge in [0.05, 0.1) is 12.9 Å². The Hall–Kier alpha value is -1.58. The lowest BCUT2D eigenvalue weighted by Gasteiger charge is -2.43. The number of carbonyl (C=O) groups is 1. The Balaban J connectivity index is 2.18. The molecule has 1 atom stereocenters. The van der Waals surface area contributed by atoms with Crippen LogP contribution in [0.2, 0.25) is 1.41 Å². The van der Waals surface area contributed by atoms with E-state index in [2.05, 4.69) is 0 Å². The quantitative estimate of drug-likeness (QED) is 0.745. The van der Waals surface area contributed by atoms with Crippen molar-refractivity contribution < 1.29 is 28.7 Å². The molecule has 1 saturated heterocycles. The van der Waals surface area contributed by atoms with Crippen molar-refractivity contribution >= 4 is 16.2 Å². The van der Waals surface area contributed by atoms with E-state index in [0.29, 0.717) is 18.5 Å². The minimum Gasteiger partial charge on any atom is -0.444 e. The van der Waals surface area contributed by atoms with Gasteiger partial charge in [0.15, 0.2) is 1.41 Å². The van der Waals surface area contributed by atoms with Gasteiger partial charge in [0, 0.05) is 30.4 Å². The summed E-state index contributed by atoms with van der Waals surface area (Å²) in [5.41, 5.74) is -1.20. The first-order chi connectivity index (χ1) is 12.3. The van der Waals surface area contributed by atoms with E-state index in [-0.39, 0.29) is 19.7 Å². The van der Waals surface area contributed by atoms with Gasteiger partial charge in [-0.25, -0.2) is 4.79 Å². The molecule has 26 heavy (non-hydrogen) atoms. The van der Waals surface area contributed by atoms with Gasteiger partial charge in [-0.05, 0) is 45.7 Å². The van der Waals surface area contributed by atoms with Crippen LogP contribution < -0.4 is 0 Å². The van der Waals surface area contributed by atoms with Crippen LogP contribution >= 0.6 is 0 Å². The molecule has 8 nitrogen and oxygen atoms in total. The Bertz CT molecular complexity index is 763. The zero-order chi connectivity index (χ0) is 20.5. The lowest BCUT2D eigenvalue weighted by Crippen LogP contribution is -2.49. The van der Waals surface area contributed by atoms with Crippen molar-refractivity contribution in [2.24, 2.45) is 5.41 Å². The monoisotopic (exact) mass is 390 g/mol. The second kappa shape index (κ2) is 7.58. The Morgan fingerprint density at radius 2 is 2.08 bits per heavy atom. The highest BCUT2D eigenvalue weighted by Gasteiger charge is 2.44. The molecule has 9 heteroatoms. The molecule has 0 aromatic carbocycles. The highest BCUT2D eigenvalue weighted by Crippen LogP contribution is 2.43. The molecule has 2 rings (SSSR count). The molecule has 2 heterocycles. The lowest BCUT2D eigenvalue weighted by molar-refractivity contribution is -0.0579. The van der Waals surface area contributed by atoms with Crippen molar-refractivity contribution in [3.63, 3.8) is 0 Å². The number of aromatic nitrogens is 1. The van der Waals surface area contributed by atoms with Crippen LogP contribution in [0.25, 0.3) is 0 Å². The van der Waals surface area contributed by atoms with Gasteiger partial charge in [-0.15, -0.1) is 0 Å². The standard InChI is InChI=1S/C17H28N2O6S/c1-16(2,3)25-15(21)19-10-7-17(8-11-19,12-24-26(4,22)23)14(20)13-6-5-9-18-13/h5-6,9,14,18,20H,7-8,10-12H2,1-4H3/i/hT. The zero-order valence-corrected chi connectivity index (χ0v) is 16.5. The maximum absolute atomic E-state index is 12.3. The SMILES string of the molecule is [3H]n1cccc1C(O)C1(COS(C)(=O)=O)CCN(C(=O)OC(C)(C)C)CC1. The second-order valence-corrected chi connectivity index (χ2v) is 9.40. The number of rotatable bonds is 5. The molecular weight excluding hydrogens is 360 g/mol. The molecule has 0 spiro atoms. The number of nitrogens with one attached hydrogen (secondary N) is 1. The van der Waals surface area contributed by atoms with E-state index in [1.54, 1.807) is 32.9 Å². The van der Waals surface area contributed by atoms with Gasteiger partial charge in [-0.3, -0.25) is 4.18 Å². The van der Waals surface area contributed by atoms with Gasteiger partial charge in [-0.1, -0.05) is 0 Å². The molecular formula is C17H28N2O6S. The summed E-state index contributed by atoms with van der Waals surface area (Å²) in [6.07, 6.45) is 1.52. The predicted molar refractivity (Wildman–Crippen MR) is 96.0 cm³/mol. The number of hydrogen-bond donors (Lipinski definition) is 2. The van der Waals surface area contributed by atoms with E-state index in [0.717, 1.165) is 11.2 Å². The maximum atomic E-state index is 12.3. The Morgan fingerprint density at radius 3 is 2.54 bits per heavy atom. The van der Waals surface area contributed by atoms with Gasteiger partial charge in [0.25, 0.3) is 10.1 Å². The number of amides is 1. The Labute approximate surface area is 156 Å². The number of aliphatic hydroxyl groups excluding tert-OH is 1. The van der Waals surface area contributed by atoms with E-state index in [9.17, 15) is 18.3 Å². The van der Waals surface area contributed by atoms with Crippen LogP contribution in [0.5, 0.6) is 0 Å². The molecule has 2 N–H and O–H groups in total. The average molecular weight is 390 g/mol. The summed E-state index contributed by atoms with van der Waals surface area (Å²) in [5.74, 6) is 0. The molecule has 148 valence electrons. The fourth-order valence-electron chi connectivity index (χ4n) is 2.97. The van der Waals surface area contributed by atoms with Crippen molar-refractivity contribution in [2.45, 2.75) is 45.3 Å². The van der Waals surface area contributed by atoms with Crippen LogP contribution in [0.15, 0.2) is 18.3 Å². The first kappa shape index (κ1) is 19.2. The first-order valence-electron chi connectivity index (χ1n) is 8.95. The van der Waals surface area contributed by atoms with Gasteiger partial charge >= 0.3 is 6.09 Å². The van der Waals surface area contributed by atoms with Crippen LogP contribution in [-0.2, 0) is 19.0 Å². The smallest absolute Gasteiger partial charge is 0.410 e. The number of ether oxygens (including phenoxy) is 1. The largest absolute Gasteiger partial charge is 0.444 e. The number of aromatic amines is 1. The fraction of sp³-hybridized carbons (Fsp3) is 0.706. The van der Waals surface area contributed by atoms with Crippen LogP contribution in [-0.4, -0.2) is 61.0 Å². The van der Waals surface area contributed by atoms with E-state index in [1.807, 2.05) is 0 Å². The normalized spacial score (nSPS) is 19.7. The zero-order valence-electron chi connectivity index (χ0n) is 16.6. The van der Waals surface area contributed by atoms with E-state index >= 15 is 0 Å². The fourth-order valence-corrected chi connectivity index (χ4v) is 3.42. The van der Waals surface area contributed by atoms with Crippen LogP contribution in [0.4, 0.5) is 4.79 Å². The summed E-state index contributed by atoms with van der Waals surface area (Å²) in [4.78, 5) is 14.9. The minimum atomic E-state index is -3.70. The van der Waals surface area contributed by atoms with Crippen LogP contribution in [0.3, 0.4) is 0 Å². The summed E-state index contributed by atoms with van der Waals surface area (Å²) >= 11 is 0. The first-order valence-corrected chi connectivity index (χ1v) is 10.3. The molecule has 0 aliphatic carbocycles. The molecule has 1 aromatic rings. The number of carbonyl (C=O) groups excluding carboxylic acids is 1. The molecule has 1 aromatic heterocycles. The van der Waals surface area contributed by atoms with Crippen molar-refractivity contribution in [1.29, 1.82) is 0 Å². The molecule has 1 aliphatic heterocycles. The van der Waals surface area contributed by atoms with Gasteiger partial charge in [0.2, 0.25) is 0 Å². The van der Waals surface area contributed by atoms with Crippen molar-refractivity contribution in [2.75, 3.05) is 26.0 Å². The average Bonchev–Trinajstić information content (AvgIpc) is 2.96. The van der Waals surface area contributed by atoms with Crippen molar-refractivity contribution in [3.05, 3.63) is 24.0 Å². The van der Waals surface area contributed by atoms with Gasteiger partial charge < -0.3 is 19.7 Å². The summed E-state index contributed by atoms with van der Waals surface area (Å²) in [6.45, 7) is 5.71. The molecule has 0 bridgehead atoms. The summed E-state index contributed by atoms with van der Waals surface area (Å²) in [6, 6.07) is 3.24. The molecule has 1 unspecified atom stereocenters. The molecule has 1 aliphatic rings. The Morgan fingerprint density at radius 1 is 1.46 bits per heavy atom. The number of hydrogen-bond acceptors (Lipinski definition) is 6. The predicted octanol–water partition coefficient (Wildman–Crippen LogP) is 2.04. The minimum absolute atomic E-state index is 0.222. The van der Waals surface area contributed by atoms with Gasteiger partial charge in [0.1, 0.15) is 11.7 Å². The van der Waals surface area contributed by atoms with Crippen LogP contribution in [0, 0.1) is 5.41 Å². The number of likely N-dealkylation sites (tertiary alicyclic amines) is 1. The molecule has 1 amide bonds. The van der Waals surface area contributed by atoms with Crippen molar-refractivity contribution in [3.8, 4) is 0 Å². The second-order valence-electron chi connectivity index (χ2n) is 7.76. The number of piperidine rings is 1. The highest BCUT2D eigenvalue weighted by atomic mass is 32.2. The molecule has 0 saturated carbocycles.